The summed E-state index contributed by atoms with van der Waals surface area (Å²) in [6.45, 7) is 2.82. The molecule has 0 aromatic carbocycles. The van der Waals surface area contributed by atoms with Crippen LogP contribution in [-0.2, 0) is 0 Å². The molecule has 1 aromatic heterocycles. The minimum Gasteiger partial charge on any atom is -0.370 e. The standard InChI is InChI=1S/C16H25N3O/c1-2-17-15-12-8-11-14(19-15)16(20)18-13-9-6-4-3-5-7-10-13/h8,11-13H,2-7,9-10H2,1H3,(H,17,19)(H,18,20). The Morgan fingerprint density at radius 1 is 1.20 bits per heavy atom. The van der Waals surface area contributed by atoms with Gasteiger partial charge >= 0.3 is 0 Å². The van der Waals surface area contributed by atoms with Crippen LogP contribution in [0, 0.1) is 0 Å². The van der Waals surface area contributed by atoms with Crippen molar-refractivity contribution in [3.63, 3.8) is 0 Å². The Hall–Kier alpha value is -1.58. The molecule has 0 spiro atoms. The number of carbonyl (C=O) groups is 1. The quantitative estimate of drug-likeness (QED) is 0.886. The Morgan fingerprint density at radius 3 is 2.60 bits per heavy atom. The van der Waals surface area contributed by atoms with Crippen LogP contribution in [0.2, 0.25) is 0 Å². The lowest BCUT2D eigenvalue weighted by Crippen LogP contribution is -2.35. The van der Waals surface area contributed by atoms with E-state index in [4.69, 9.17) is 0 Å². The predicted octanol–water partition coefficient (Wildman–Crippen LogP) is 3.36. The molecule has 0 saturated heterocycles. The minimum atomic E-state index is -0.0460. The number of anilines is 1. The first-order valence-corrected chi connectivity index (χ1v) is 7.81. The summed E-state index contributed by atoms with van der Waals surface area (Å²) in [4.78, 5) is 16.6. The van der Waals surface area contributed by atoms with Gasteiger partial charge in [0, 0.05) is 12.6 Å². The average Bonchev–Trinajstić information content (AvgIpc) is 2.42. The highest BCUT2D eigenvalue weighted by atomic mass is 16.1. The maximum atomic E-state index is 12.3. The van der Waals surface area contributed by atoms with Gasteiger partial charge in [0.2, 0.25) is 0 Å². The Balaban J connectivity index is 1.94. The lowest BCUT2D eigenvalue weighted by Gasteiger charge is -2.20. The van der Waals surface area contributed by atoms with Crippen LogP contribution in [-0.4, -0.2) is 23.5 Å². The van der Waals surface area contributed by atoms with Crippen molar-refractivity contribution in [2.45, 2.75) is 57.9 Å². The van der Waals surface area contributed by atoms with E-state index >= 15 is 0 Å². The van der Waals surface area contributed by atoms with Gasteiger partial charge in [0.15, 0.2) is 0 Å². The second kappa shape index (κ2) is 7.88. The zero-order chi connectivity index (χ0) is 14.2. The van der Waals surface area contributed by atoms with E-state index in [-0.39, 0.29) is 5.91 Å². The summed E-state index contributed by atoms with van der Waals surface area (Å²) in [5.74, 6) is 0.716. The second-order valence-corrected chi connectivity index (χ2v) is 5.45. The summed E-state index contributed by atoms with van der Waals surface area (Å²) >= 11 is 0. The maximum absolute atomic E-state index is 12.3. The molecule has 2 rings (SSSR count). The molecule has 1 heterocycles. The van der Waals surface area contributed by atoms with E-state index in [1.807, 2.05) is 19.1 Å². The zero-order valence-electron chi connectivity index (χ0n) is 12.3. The smallest absolute Gasteiger partial charge is 0.270 e. The minimum absolute atomic E-state index is 0.0460. The summed E-state index contributed by atoms with van der Waals surface area (Å²) in [6, 6.07) is 5.85. The third kappa shape index (κ3) is 4.51. The van der Waals surface area contributed by atoms with Crippen LogP contribution >= 0.6 is 0 Å². The molecule has 1 aliphatic rings. The highest BCUT2D eigenvalue weighted by Gasteiger charge is 2.16. The molecule has 0 aliphatic heterocycles. The Labute approximate surface area is 121 Å². The van der Waals surface area contributed by atoms with E-state index in [9.17, 15) is 4.79 Å². The molecule has 0 unspecified atom stereocenters. The molecule has 0 radical (unpaired) electrons. The molecule has 4 nitrogen and oxygen atoms in total. The van der Waals surface area contributed by atoms with Crippen LogP contribution in [0.1, 0.15) is 62.4 Å². The molecule has 1 aromatic rings. The van der Waals surface area contributed by atoms with Crippen molar-refractivity contribution in [2.75, 3.05) is 11.9 Å². The van der Waals surface area contributed by atoms with E-state index in [1.54, 1.807) is 6.07 Å². The molecule has 1 fully saturated rings. The molecule has 0 atom stereocenters. The molecule has 1 amide bonds. The summed E-state index contributed by atoms with van der Waals surface area (Å²) < 4.78 is 0. The van der Waals surface area contributed by atoms with Crippen LogP contribution in [0.5, 0.6) is 0 Å². The van der Waals surface area contributed by atoms with Crippen LogP contribution in [0.25, 0.3) is 0 Å². The number of amides is 1. The summed E-state index contributed by atoms with van der Waals surface area (Å²) in [7, 11) is 0. The fourth-order valence-corrected chi connectivity index (χ4v) is 2.70. The molecule has 1 aliphatic carbocycles. The van der Waals surface area contributed by atoms with Crippen molar-refractivity contribution in [1.29, 1.82) is 0 Å². The number of nitrogens with zero attached hydrogens (tertiary/aromatic N) is 1. The van der Waals surface area contributed by atoms with Crippen LogP contribution in [0.4, 0.5) is 5.82 Å². The number of rotatable bonds is 4. The highest BCUT2D eigenvalue weighted by Crippen LogP contribution is 2.17. The van der Waals surface area contributed by atoms with Gasteiger partial charge in [-0.15, -0.1) is 0 Å². The first kappa shape index (κ1) is 14.8. The monoisotopic (exact) mass is 275 g/mol. The van der Waals surface area contributed by atoms with Crippen molar-refractivity contribution >= 4 is 11.7 Å². The van der Waals surface area contributed by atoms with Crippen molar-refractivity contribution < 1.29 is 4.79 Å². The first-order valence-electron chi connectivity index (χ1n) is 7.81. The molecule has 1 saturated carbocycles. The van der Waals surface area contributed by atoms with Crippen molar-refractivity contribution in [2.24, 2.45) is 0 Å². The van der Waals surface area contributed by atoms with Gasteiger partial charge in [-0.25, -0.2) is 4.98 Å². The zero-order valence-corrected chi connectivity index (χ0v) is 12.3. The molecule has 0 bridgehead atoms. The average molecular weight is 275 g/mol. The lowest BCUT2D eigenvalue weighted by molar-refractivity contribution is 0.0925. The Kier molecular flexibility index (Phi) is 5.84. The number of carbonyl (C=O) groups excluding carboxylic acids is 1. The number of hydrogen-bond acceptors (Lipinski definition) is 3. The third-order valence-electron chi connectivity index (χ3n) is 3.78. The van der Waals surface area contributed by atoms with Crippen LogP contribution in [0.3, 0.4) is 0 Å². The lowest BCUT2D eigenvalue weighted by atomic mass is 9.96. The van der Waals surface area contributed by atoms with Gasteiger partial charge < -0.3 is 10.6 Å². The highest BCUT2D eigenvalue weighted by molar-refractivity contribution is 5.92. The molecular weight excluding hydrogens is 250 g/mol. The molecule has 2 N–H and O–H groups in total. The van der Waals surface area contributed by atoms with Gasteiger partial charge in [0.25, 0.3) is 5.91 Å². The van der Waals surface area contributed by atoms with Crippen LogP contribution < -0.4 is 10.6 Å². The van der Waals surface area contributed by atoms with Crippen LogP contribution in [0.15, 0.2) is 18.2 Å². The van der Waals surface area contributed by atoms with Crippen molar-refractivity contribution in [1.82, 2.24) is 10.3 Å². The van der Waals surface area contributed by atoms with E-state index in [0.29, 0.717) is 11.7 Å². The van der Waals surface area contributed by atoms with Crippen molar-refractivity contribution in [3.05, 3.63) is 23.9 Å². The van der Waals surface area contributed by atoms with Gasteiger partial charge in [-0.05, 0) is 31.9 Å². The molecule has 4 heteroatoms. The maximum Gasteiger partial charge on any atom is 0.270 e. The van der Waals surface area contributed by atoms with E-state index in [1.165, 1.54) is 32.1 Å². The number of aromatic nitrogens is 1. The Bertz CT molecular complexity index is 425. The normalized spacial score (nSPS) is 17.1. The number of nitrogens with one attached hydrogen (secondary N) is 2. The summed E-state index contributed by atoms with van der Waals surface area (Å²) in [5.41, 5.74) is 0.505. The van der Waals surface area contributed by atoms with E-state index in [2.05, 4.69) is 15.6 Å². The molecule has 110 valence electrons. The van der Waals surface area contributed by atoms with Gasteiger partial charge in [-0.1, -0.05) is 38.2 Å². The molecular formula is C16H25N3O. The Morgan fingerprint density at radius 2 is 1.90 bits per heavy atom. The third-order valence-corrected chi connectivity index (χ3v) is 3.78. The van der Waals surface area contributed by atoms with E-state index < -0.39 is 0 Å². The summed E-state index contributed by atoms with van der Waals surface area (Å²) in [5, 5.41) is 6.28. The van der Waals surface area contributed by atoms with Gasteiger partial charge in [0.1, 0.15) is 11.5 Å². The number of hydrogen-bond donors (Lipinski definition) is 2. The van der Waals surface area contributed by atoms with Gasteiger partial charge in [0.05, 0.1) is 0 Å². The first-order chi connectivity index (χ1) is 9.79. The van der Waals surface area contributed by atoms with E-state index in [0.717, 1.165) is 25.2 Å². The van der Waals surface area contributed by atoms with Crippen molar-refractivity contribution in [3.8, 4) is 0 Å². The second-order valence-electron chi connectivity index (χ2n) is 5.45. The topological polar surface area (TPSA) is 54.0 Å². The van der Waals surface area contributed by atoms with Gasteiger partial charge in [-0.3, -0.25) is 4.79 Å². The fraction of sp³-hybridized carbons (Fsp3) is 0.625. The SMILES string of the molecule is CCNc1cccc(C(=O)NC2CCCCCCC2)n1. The number of pyridine rings is 1. The predicted molar refractivity (Wildman–Crippen MR) is 82.0 cm³/mol. The molecule has 20 heavy (non-hydrogen) atoms. The van der Waals surface area contributed by atoms with Gasteiger partial charge in [-0.2, -0.15) is 0 Å². The fourth-order valence-electron chi connectivity index (χ4n) is 2.70. The largest absolute Gasteiger partial charge is 0.370 e. The summed E-state index contributed by atoms with van der Waals surface area (Å²) in [6.07, 6.45) is 8.55.